The van der Waals surface area contributed by atoms with Gasteiger partial charge in [-0.3, -0.25) is 4.79 Å². The zero-order chi connectivity index (χ0) is 13.4. The molecule has 1 N–H and O–H groups in total. The maximum Gasteiger partial charge on any atom is 0.272 e. The normalized spacial score (nSPS) is 11.2. The highest BCUT2D eigenvalue weighted by Gasteiger charge is 2.09. The second-order valence-electron chi connectivity index (χ2n) is 4.37. The van der Waals surface area contributed by atoms with Crippen LogP contribution in [0.4, 0.5) is 0 Å². The number of H-pyrrole nitrogens is 1. The first-order valence-electron chi connectivity index (χ1n) is 5.96. The van der Waals surface area contributed by atoms with E-state index in [9.17, 15) is 9.59 Å². The number of halogens is 1. The number of rotatable bonds is 3. The molecule has 0 bridgehead atoms. The molecule has 19 heavy (non-hydrogen) atoms. The van der Waals surface area contributed by atoms with Crippen molar-refractivity contribution in [1.29, 1.82) is 0 Å². The standard InChI is InChI=1S/C14H11ClN2O2/c15-9-3-5-11-13(8-9)17-10(2-1-7-18)4-6-12(17)14(19)16-11/h3-8H,1-2H2,(H,16,19). The van der Waals surface area contributed by atoms with Crippen molar-refractivity contribution in [1.82, 2.24) is 9.38 Å². The van der Waals surface area contributed by atoms with Gasteiger partial charge in [-0.25, -0.2) is 0 Å². The summed E-state index contributed by atoms with van der Waals surface area (Å²) in [6, 6.07) is 8.96. The topological polar surface area (TPSA) is 54.3 Å². The molecule has 5 heteroatoms. The van der Waals surface area contributed by atoms with Crippen LogP contribution in [0.5, 0.6) is 0 Å². The van der Waals surface area contributed by atoms with Crippen LogP contribution in [0.25, 0.3) is 16.6 Å². The van der Waals surface area contributed by atoms with Gasteiger partial charge in [0.2, 0.25) is 0 Å². The maximum absolute atomic E-state index is 12.0. The fourth-order valence-electron chi connectivity index (χ4n) is 2.32. The Labute approximate surface area is 113 Å². The average Bonchev–Trinajstić information content (AvgIpc) is 2.82. The number of fused-ring (bicyclic) bond motifs is 3. The van der Waals surface area contributed by atoms with E-state index < -0.39 is 0 Å². The molecule has 1 aromatic carbocycles. The molecule has 0 atom stereocenters. The van der Waals surface area contributed by atoms with Gasteiger partial charge >= 0.3 is 0 Å². The van der Waals surface area contributed by atoms with Crippen LogP contribution in [0.1, 0.15) is 12.1 Å². The molecular formula is C14H11ClN2O2. The molecule has 0 aliphatic carbocycles. The number of carbonyl (C=O) groups is 1. The number of nitrogens with one attached hydrogen (secondary N) is 1. The molecule has 2 aromatic heterocycles. The van der Waals surface area contributed by atoms with Crippen LogP contribution in [0.3, 0.4) is 0 Å². The number of aromatic amines is 1. The molecule has 2 heterocycles. The molecule has 0 radical (unpaired) electrons. The third-order valence-electron chi connectivity index (χ3n) is 3.16. The number of benzene rings is 1. The lowest BCUT2D eigenvalue weighted by Gasteiger charge is -2.06. The first-order chi connectivity index (χ1) is 9.20. The molecule has 0 amide bonds. The van der Waals surface area contributed by atoms with Crippen LogP contribution in [0.2, 0.25) is 5.02 Å². The van der Waals surface area contributed by atoms with Gasteiger partial charge in [0.25, 0.3) is 5.56 Å². The lowest BCUT2D eigenvalue weighted by molar-refractivity contribution is -0.107. The summed E-state index contributed by atoms with van der Waals surface area (Å²) in [6.45, 7) is 0. The Morgan fingerprint density at radius 2 is 2.05 bits per heavy atom. The highest BCUT2D eigenvalue weighted by Crippen LogP contribution is 2.20. The molecule has 0 aliphatic rings. The molecule has 0 saturated heterocycles. The SMILES string of the molecule is O=CCCc1ccc2c(=O)[nH]c3ccc(Cl)cc3n12. The van der Waals surface area contributed by atoms with E-state index in [1.807, 2.05) is 16.5 Å². The highest BCUT2D eigenvalue weighted by atomic mass is 35.5. The van der Waals surface area contributed by atoms with Gasteiger partial charge in [-0.05, 0) is 36.8 Å². The van der Waals surface area contributed by atoms with Gasteiger partial charge in [0.1, 0.15) is 11.8 Å². The van der Waals surface area contributed by atoms with Crippen molar-refractivity contribution in [3.8, 4) is 0 Å². The number of aryl methyl sites for hydroxylation is 1. The summed E-state index contributed by atoms with van der Waals surface area (Å²) in [5.74, 6) is 0. The predicted octanol–water partition coefficient (Wildman–Crippen LogP) is 2.57. The summed E-state index contributed by atoms with van der Waals surface area (Å²) in [5.41, 5.74) is 2.92. The van der Waals surface area contributed by atoms with Crippen LogP contribution >= 0.6 is 11.6 Å². The Morgan fingerprint density at radius 1 is 1.21 bits per heavy atom. The van der Waals surface area contributed by atoms with Gasteiger partial charge in [0.15, 0.2) is 0 Å². The summed E-state index contributed by atoms with van der Waals surface area (Å²) >= 11 is 6.02. The smallest absolute Gasteiger partial charge is 0.272 e. The molecule has 96 valence electrons. The Bertz CT molecular complexity index is 832. The monoisotopic (exact) mass is 274 g/mol. The van der Waals surface area contributed by atoms with E-state index in [0.717, 1.165) is 23.0 Å². The molecule has 0 aliphatic heterocycles. The number of aromatic nitrogens is 2. The van der Waals surface area contributed by atoms with Crippen molar-refractivity contribution in [2.24, 2.45) is 0 Å². The molecule has 0 fully saturated rings. The van der Waals surface area contributed by atoms with Crippen molar-refractivity contribution < 1.29 is 4.79 Å². The molecule has 3 rings (SSSR count). The van der Waals surface area contributed by atoms with Gasteiger partial charge in [-0.1, -0.05) is 11.6 Å². The summed E-state index contributed by atoms with van der Waals surface area (Å²) in [6.07, 6.45) is 1.91. The van der Waals surface area contributed by atoms with Crippen molar-refractivity contribution in [3.05, 3.63) is 51.4 Å². The third-order valence-corrected chi connectivity index (χ3v) is 3.40. The first kappa shape index (κ1) is 12.0. The zero-order valence-electron chi connectivity index (χ0n) is 10.0. The largest absolute Gasteiger partial charge is 0.319 e. The predicted molar refractivity (Wildman–Crippen MR) is 74.9 cm³/mol. The van der Waals surface area contributed by atoms with Crippen molar-refractivity contribution >= 4 is 34.4 Å². The Hall–Kier alpha value is -2.07. The van der Waals surface area contributed by atoms with Crippen LogP contribution < -0.4 is 5.56 Å². The molecular weight excluding hydrogens is 264 g/mol. The lowest BCUT2D eigenvalue weighted by Crippen LogP contribution is -2.11. The lowest BCUT2D eigenvalue weighted by atomic mass is 10.2. The van der Waals surface area contributed by atoms with Gasteiger partial charge in [0.05, 0.1) is 11.0 Å². The summed E-state index contributed by atoms with van der Waals surface area (Å²) < 4.78 is 1.86. The van der Waals surface area contributed by atoms with E-state index >= 15 is 0 Å². The van der Waals surface area contributed by atoms with Crippen LogP contribution in [-0.4, -0.2) is 15.7 Å². The third kappa shape index (κ3) is 1.94. The minimum atomic E-state index is -0.146. The Balaban J connectivity index is 2.41. The Kier molecular flexibility index (Phi) is 2.87. The second kappa shape index (κ2) is 4.55. The fourth-order valence-corrected chi connectivity index (χ4v) is 2.49. The summed E-state index contributed by atoms with van der Waals surface area (Å²) in [4.78, 5) is 25.3. The van der Waals surface area contributed by atoms with Crippen molar-refractivity contribution in [3.63, 3.8) is 0 Å². The number of aldehydes is 1. The van der Waals surface area contributed by atoms with E-state index in [2.05, 4.69) is 4.98 Å². The van der Waals surface area contributed by atoms with E-state index in [1.54, 1.807) is 18.2 Å². The van der Waals surface area contributed by atoms with Crippen LogP contribution in [0.15, 0.2) is 35.1 Å². The molecule has 4 nitrogen and oxygen atoms in total. The van der Waals surface area contributed by atoms with Gasteiger partial charge in [-0.2, -0.15) is 0 Å². The molecule has 3 aromatic rings. The second-order valence-corrected chi connectivity index (χ2v) is 4.80. The Morgan fingerprint density at radius 3 is 2.84 bits per heavy atom. The number of hydrogen-bond acceptors (Lipinski definition) is 2. The minimum Gasteiger partial charge on any atom is -0.319 e. The van der Waals surface area contributed by atoms with Crippen molar-refractivity contribution in [2.45, 2.75) is 12.8 Å². The number of hydrogen-bond donors (Lipinski definition) is 1. The minimum absolute atomic E-state index is 0.146. The van der Waals surface area contributed by atoms with Gasteiger partial charge in [0, 0.05) is 17.1 Å². The fraction of sp³-hybridized carbons (Fsp3) is 0.143. The van der Waals surface area contributed by atoms with E-state index in [-0.39, 0.29) is 5.56 Å². The van der Waals surface area contributed by atoms with Crippen LogP contribution in [-0.2, 0) is 11.2 Å². The van der Waals surface area contributed by atoms with E-state index in [1.165, 1.54) is 0 Å². The number of nitrogens with zero attached hydrogens (tertiary/aromatic N) is 1. The summed E-state index contributed by atoms with van der Waals surface area (Å²) in [7, 11) is 0. The van der Waals surface area contributed by atoms with Gasteiger partial charge < -0.3 is 14.2 Å². The highest BCUT2D eigenvalue weighted by molar-refractivity contribution is 6.31. The average molecular weight is 275 g/mol. The van der Waals surface area contributed by atoms with Crippen molar-refractivity contribution in [2.75, 3.05) is 0 Å². The van der Waals surface area contributed by atoms with E-state index in [0.29, 0.717) is 23.4 Å². The molecule has 0 unspecified atom stereocenters. The quantitative estimate of drug-likeness (QED) is 0.746. The molecule has 0 saturated carbocycles. The molecule has 0 spiro atoms. The van der Waals surface area contributed by atoms with E-state index in [4.69, 9.17) is 11.6 Å². The maximum atomic E-state index is 12.0. The zero-order valence-corrected chi connectivity index (χ0v) is 10.8. The van der Waals surface area contributed by atoms with Crippen LogP contribution in [0, 0.1) is 0 Å². The number of carbonyl (C=O) groups excluding carboxylic acids is 1. The first-order valence-corrected chi connectivity index (χ1v) is 6.34. The van der Waals surface area contributed by atoms with Gasteiger partial charge in [-0.15, -0.1) is 0 Å². The summed E-state index contributed by atoms with van der Waals surface area (Å²) in [5, 5.41) is 0.607.